The van der Waals surface area contributed by atoms with Crippen molar-refractivity contribution >= 4 is 29.1 Å². The number of amides is 1. The molecular weight excluding hydrogens is 453 g/mol. The maximum atomic E-state index is 13.7. The summed E-state index contributed by atoms with van der Waals surface area (Å²) >= 11 is 6.01. The van der Waals surface area contributed by atoms with E-state index < -0.39 is 28.9 Å². The Labute approximate surface area is 194 Å². The molecule has 0 radical (unpaired) electrons. The van der Waals surface area contributed by atoms with Crippen LogP contribution in [0.5, 0.6) is 5.75 Å². The van der Waals surface area contributed by atoms with Gasteiger partial charge < -0.3 is 16.2 Å². The van der Waals surface area contributed by atoms with Crippen molar-refractivity contribution < 1.29 is 14.3 Å². The quantitative estimate of drug-likeness (QED) is 0.525. The number of aromatic hydroxyl groups is 1. The number of hydrogen-bond donors (Lipinski definition) is 3. The highest BCUT2D eigenvalue weighted by Crippen LogP contribution is 2.22. The number of nitrogens with two attached hydrogens (primary N) is 1. The summed E-state index contributed by atoms with van der Waals surface area (Å²) in [6, 6.07) is 3.49. The number of allylic oxidation sites excluding steroid dienone is 6. The van der Waals surface area contributed by atoms with Gasteiger partial charge in [0.2, 0.25) is 11.9 Å². The predicted molar refractivity (Wildman–Crippen MR) is 125 cm³/mol. The van der Waals surface area contributed by atoms with Gasteiger partial charge in [-0.05, 0) is 30.2 Å². The van der Waals surface area contributed by atoms with Gasteiger partial charge in [-0.1, -0.05) is 43.7 Å². The number of nitrogens with zero attached hydrogens (tertiary/aromatic N) is 3. The summed E-state index contributed by atoms with van der Waals surface area (Å²) in [4.78, 5) is 40.5. The third-order valence-corrected chi connectivity index (χ3v) is 4.71. The molecule has 4 N–H and O–H groups in total. The number of primary amides is 1. The molecule has 0 spiro atoms. The van der Waals surface area contributed by atoms with Crippen molar-refractivity contribution in [3.8, 4) is 5.75 Å². The minimum atomic E-state index is -0.889. The molecule has 0 saturated heterocycles. The van der Waals surface area contributed by atoms with Crippen molar-refractivity contribution in [1.82, 2.24) is 14.1 Å². The minimum Gasteiger partial charge on any atom is -0.505 e. The van der Waals surface area contributed by atoms with Crippen LogP contribution in [-0.4, -0.2) is 25.1 Å². The summed E-state index contributed by atoms with van der Waals surface area (Å²) in [6.45, 7) is 3.80. The van der Waals surface area contributed by atoms with E-state index in [2.05, 4.69) is 10.3 Å². The third-order valence-electron chi connectivity index (χ3n) is 4.43. The van der Waals surface area contributed by atoms with Gasteiger partial charge >= 0.3 is 11.4 Å². The first-order chi connectivity index (χ1) is 15.7. The molecule has 0 bridgehead atoms. The molecule has 1 heterocycles. The molecular formula is C22H25ClFN5O4. The third kappa shape index (κ3) is 6.91. The van der Waals surface area contributed by atoms with Gasteiger partial charge in [-0.15, -0.1) is 0 Å². The fourth-order valence-corrected chi connectivity index (χ4v) is 2.99. The summed E-state index contributed by atoms with van der Waals surface area (Å²) in [5.74, 6) is -2.23. The van der Waals surface area contributed by atoms with Crippen molar-refractivity contribution in [1.29, 1.82) is 0 Å². The van der Waals surface area contributed by atoms with Crippen LogP contribution >= 0.6 is 11.6 Å². The standard InChI is InChI=1S/C20H19ClFN5O4.C2H6/c21-13-3-1-2-12(4-5-13)11-27-18(24-14-6-7-16(28)15(22)10-14)25-19(30)26(20(27)31)9-8-17(23)29;1-2/h2-7,10,28H,1,8-9,11H2,(H2,23,29)(H,24,25,30);1-2H3. The van der Waals surface area contributed by atoms with Crippen molar-refractivity contribution in [3.05, 3.63) is 79.9 Å². The van der Waals surface area contributed by atoms with Crippen LogP contribution in [0.25, 0.3) is 0 Å². The van der Waals surface area contributed by atoms with Gasteiger partial charge in [-0.3, -0.25) is 9.36 Å². The fourth-order valence-electron chi connectivity index (χ4n) is 2.84. The van der Waals surface area contributed by atoms with Crippen molar-refractivity contribution in [2.24, 2.45) is 5.73 Å². The van der Waals surface area contributed by atoms with E-state index in [1.165, 1.54) is 10.6 Å². The Morgan fingerprint density at radius 1 is 1.24 bits per heavy atom. The number of halogens is 2. The van der Waals surface area contributed by atoms with Crippen LogP contribution in [0, 0.1) is 5.82 Å². The molecule has 1 aromatic carbocycles. The topological polar surface area (TPSA) is 132 Å². The number of nitrogens with one attached hydrogen (secondary N) is 1. The van der Waals surface area contributed by atoms with E-state index in [1.807, 2.05) is 19.9 Å². The van der Waals surface area contributed by atoms with Crippen LogP contribution in [-0.2, 0) is 17.9 Å². The number of anilines is 2. The van der Waals surface area contributed by atoms with Crippen LogP contribution in [0.15, 0.2) is 62.7 Å². The van der Waals surface area contributed by atoms with Crippen LogP contribution in [0.2, 0.25) is 0 Å². The normalized spacial score (nSPS) is 12.7. The molecule has 1 aliphatic rings. The SMILES string of the molecule is CC.NC(=O)CCn1c(=O)nc(Nc2ccc(O)c(F)c2)n(CC2=CCC=C(Cl)C=C2)c1=O. The Bertz CT molecular complexity index is 1230. The number of aromatic nitrogens is 3. The van der Waals surface area contributed by atoms with Gasteiger partial charge in [0.15, 0.2) is 11.6 Å². The fraction of sp³-hybridized carbons (Fsp3) is 0.273. The highest BCUT2D eigenvalue weighted by atomic mass is 35.5. The lowest BCUT2D eigenvalue weighted by Gasteiger charge is -2.16. The average Bonchev–Trinajstić information content (AvgIpc) is 2.98. The van der Waals surface area contributed by atoms with Crippen LogP contribution in [0.4, 0.5) is 16.0 Å². The van der Waals surface area contributed by atoms with Gasteiger partial charge in [0.05, 0.1) is 6.54 Å². The second kappa shape index (κ2) is 11.8. The summed E-state index contributed by atoms with van der Waals surface area (Å²) in [5, 5.41) is 12.6. The molecule has 1 amide bonds. The number of phenols is 1. The second-order valence-corrected chi connectivity index (χ2v) is 7.12. The maximum Gasteiger partial charge on any atom is 0.354 e. The highest BCUT2D eigenvalue weighted by molar-refractivity contribution is 6.31. The Balaban J connectivity index is 0.00000187. The first-order valence-electron chi connectivity index (χ1n) is 10.2. The van der Waals surface area contributed by atoms with E-state index in [0.717, 1.165) is 22.3 Å². The lowest BCUT2D eigenvalue weighted by molar-refractivity contribution is -0.118. The molecule has 0 atom stereocenters. The van der Waals surface area contributed by atoms with E-state index in [9.17, 15) is 23.9 Å². The first-order valence-corrected chi connectivity index (χ1v) is 10.6. The van der Waals surface area contributed by atoms with Crippen molar-refractivity contribution in [2.45, 2.75) is 39.8 Å². The summed E-state index contributed by atoms with van der Waals surface area (Å²) < 4.78 is 15.7. The molecule has 9 nitrogen and oxygen atoms in total. The van der Waals surface area contributed by atoms with E-state index in [4.69, 9.17) is 17.3 Å². The number of benzene rings is 1. The average molecular weight is 478 g/mol. The Hall–Kier alpha value is -3.66. The van der Waals surface area contributed by atoms with Gasteiger partial charge in [0, 0.05) is 29.8 Å². The van der Waals surface area contributed by atoms with Crippen LogP contribution in [0.1, 0.15) is 26.7 Å². The molecule has 0 saturated carbocycles. The minimum absolute atomic E-state index is 0.0279. The summed E-state index contributed by atoms with van der Waals surface area (Å²) in [7, 11) is 0. The number of phenolic OH excluding ortho intramolecular Hbond substituents is 1. The first kappa shape index (κ1) is 25.6. The number of carbonyl (C=O) groups excluding carboxylic acids is 1. The predicted octanol–water partition coefficient (Wildman–Crippen LogP) is 2.90. The summed E-state index contributed by atoms with van der Waals surface area (Å²) in [5.41, 5.74) is 4.40. The Morgan fingerprint density at radius 2 is 1.97 bits per heavy atom. The number of carbonyl (C=O) groups is 1. The van der Waals surface area contributed by atoms with E-state index in [0.29, 0.717) is 11.5 Å². The maximum absolute atomic E-state index is 13.7. The van der Waals surface area contributed by atoms with Gasteiger partial charge in [0.1, 0.15) is 0 Å². The van der Waals surface area contributed by atoms with Crippen molar-refractivity contribution in [3.63, 3.8) is 0 Å². The second-order valence-electron chi connectivity index (χ2n) is 6.68. The number of rotatable bonds is 7. The zero-order valence-electron chi connectivity index (χ0n) is 18.2. The molecule has 1 aliphatic carbocycles. The van der Waals surface area contributed by atoms with Crippen LogP contribution < -0.4 is 22.4 Å². The molecule has 176 valence electrons. The van der Waals surface area contributed by atoms with Crippen LogP contribution in [0.3, 0.4) is 0 Å². The lowest BCUT2D eigenvalue weighted by atomic mass is 10.2. The highest BCUT2D eigenvalue weighted by Gasteiger charge is 2.16. The zero-order valence-corrected chi connectivity index (χ0v) is 19.0. The largest absolute Gasteiger partial charge is 0.505 e. The van der Waals surface area contributed by atoms with Gasteiger partial charge in [-0.25, -0.2) is 18.5 Å². The number of hydrogen-bond acceptors (Lipinski definition) is 6. The summed E-state index contributed by atoms with van der Waals surface area (Å²) in [6.07, 6.45) is 7.36. The molecule has 1 aromatic heterocycles. The van der Waals surface area contributed by atoms with Gasteiger partial charge in [0.25, 0.3) is 0 Å². The molecule has 2 aromatic rings. The Kier molecular flexibility index (Phi) is 9.17. The molecule has 3 rings (SSSR count). The molecule has 0 aliphatic heterocycles. The lowest BCUT2D eigenvalue weighted by Crippen LogP contribution is -2.43. The zero-order chi connectivity index (χ0) is 24.5. The molecule has 0 unspecified atom stereocenters. The van der Waals surface area contributed by atoms with Crippen molar-refractivity contribution in [2.75, 3.05) is 5.32 Å². The van der Waals surface area contributed by atoms with E-state index in [1.54, 1.807) is 18.2 Å². The van der Waals surface area contributed by atoms with E-state index >= 15 is 0 Å². The molecule has 33 heavy (non-hydrogen) atoms. The Morgan fingerprint density at radius 3 is 2.64 bits per heavy atom. The van der Waals surface area contributed by atoms with Gasteiger partial charge in [-0.2, -0.15) is 4.98 Å². The smallest absolute Gasteiger partial charge is 0.354 e. The van der Waals surface area contributed by atoms with E-state index in [-0.39, 0.29) is 31.1 Å². The molecule has 11 heteroatoms. The monoisotopic (exact) mass is 477 g/mol. The molecule has 0 fully saturated rings.